The van der Waals surface area contributed by atoms with Crippen molar-refractivity contribution in [2.24, 2.45) is 0 Å². The number of hydrogen-bond acceptors (Lipinski definition) is 7. The predicted octanol–water partition coefficient (Wildman–Crippen LogP) is 1.48. The van der Waals surface area contributed by atoms with E-state index in [0.717, 1.165) is 4.90 Å². The van der Waals surface area contributed by atoms with Crippen LogP contribution in [0.25, 0.3) is 6.08 Å². The van der Waals surface area contributed by atoms with Crippen LogP contribution in [-0.2, 0) is 19.4 Å². The van der Waals surface area contributed by atoms with E-state index in [1.54, 1.807) is 24.3 Å². The van der Waals surface area contributed by atoms with Crippen LogP contribution in [-0.4, -0.2) is 56.9 Å². The number of methoxy groups -OCH3 is 2. The summed E-state index contributed by atoms with van der Waals surface area (Å²) in [6.07, 6.45) is 1.72. The highest BCUT2D eigenvalue weighted by atomic mass is 32.2. The van der Waals surface area contributed by atoms with E-state index in [0.29, 0.717) is 17.1 Å². The van der Waals surface area contributed by atoms with Gasteiger partial charge in [-0.1, -0.05) is 6.07 Å². The molecule has 0 saturated carbocycles. The van der Waals surface area contributed by atoms with Crippen molar-refractivity contribution in [3.63, 3.8) is 0 Å². The van der Waals surface area contributed by atoms with Crippen molar-refractivity contribution >= 4 is 27.7 Å². The number of benzene rings is 1. The average molecular weight is 416 g/mol. The number of sulfone groups is 1. The second kappa shape index (κ2) is 7.72. The van der Waals surface area contributed by atoms with E-state index in [1.807, 2.05) is 6.07 Å². The first-order valence-electron chi connectivity index (χ1n) is 8.85. The molecule has 29 heavy (non-hydrogen) atoms. The molecule has 0 N–H and O–H groups in total. The number of amides is 2. The number of rotatable bonds is 4. The molecule has 1 atom stereocenters. The fourth-order valence-corrected chi connectivity index (χ4v) is 5.22. The molecule has 152 valence electrons. The van der Waals surface area contributed by atoms with Crippen molar-refractivity contribution in [1.29, 1.82) is 5.26 Å². The van der Waals surface area contributed by atoms with Gasteiger partial charge in [-0.3, -0.25) is 14.5 Å². The van der Waals surface area contributed by atoms with Crippen LogP contribution < -0.4 is 9.47 Å². The molecule has 0 spiro atoms. The van der Waals surface area contributed by atoms with E-state index >= 15 is 0 Å². The molecule has 0 radical (unpaired) electrons. The van der Waals surface area contributed by atoms with Gasteiger partial charge >= 0.3 is 0 Å². The molecule has 0 bridgehead atoms. The van der Waals surface area contributed by atoms with Gasteiger partial charge in [0.25, 0.3) is 11.8 Å². The third-order valence-corrected chi connectivity index (χ3v) is 6.82. The number of imide groups is 1. The van der Waals surface area contributed by atoms with Crippen molar-refractivity contribution in [3.05, 3.63) is 40.5 Å². The number of ether oxygens (including phenoxy) is 2. The van der Waals surface area contributed by atoms with Gasteiger partial charge in [-0.25, -0.2) is 8.42 Å². The van der Waals surface area contributed by atoms with Gasteiger partial charge in [0.1, 0.15) is 11.6 Å². The molecule has 9 heteroatoms. The molecule has 3 rings (SSSR count). The average Bonchev–Trinajstić information content (AvgIpc) is 3.04. The molecule has 0 aromatic heterocycles. The fourth-order valence-electron chi connectivity index (χ4n) is 3.52. The van der Waals surface area contributed by atoms with E-state index in [4.69, 9.17) is 9.47 Å². The standard InChI is InChI=1S/C20H20N2O6S/c1-12-15(8-13-4-5-17(27-2)18(9-13)28-3)19(23)22(20(24)16(12)10-21)14-6-7-29(25,26)11-14/h4-5,8-9,14H,6-7,11H2,1-3H3/b15-8+. The molecule has 2 aliphatic rings. The fraction of sp³-hybridized carbons (Fsp3) is 0.350. The van der Waals surface area contributed by atoms with Crippen molar-refractivity contribution in [2.75, 3.05) is 25.7 Å². The van der Waals surface area contributed by atoms with Gasteiger partial charge in [-0.2, -0.15) is 5.26 Å². The summed E-state index contributed by atoms with van der Waals surface area (Å²) in [7, 11) is -0.325. The SMILES string of the molecule is COc1ccc(/C=C2/C(=O)N(C3CCS(=O)(=O)C3)C(=O)C(C#N)=C2C)cc1OC. The summed E-state index contributed by atoms with van der Waals surface area (Å²) in [5.41, 5.74) is 0.865. The van der Waals surface area contributed by atoms with Crippen molar-refractivity contribution in [2.45, 2.75) is 19.4 Å². The third-order valence-electron chi connectivity index (χ3n) is 5.06. The van der Waals surface area contributed by atoms with Gasteiger partial charge in [0, 0.05) is 5.57 Å². The Morgan fingerprint density at radius 2 is 1.86 bits per heavy atom. The van der Waals surface area contributed by atoms with E-state index < -0.39 is 27.7 Å². The first-order valence-corrected chi connectivity index (χ1v) is 10.7. The molecule has 1 unspecified atom stereocenters. The maximum atomic E-state index is 13.1. The van der Waals surface area contributed by atoms with Gasteiger partial charge < -0.3 is 9.47 Å². The van der Waals surface area contributed by atoms with Crippen LogP contribution in [0.5, 0.6) is 11.5 Å². The predicted molar refractivity (Wildman–Crippen MR) is 105 cm³/mol. The van der Waals surface area contributed by atoms with Crippen LogP contribution in [0.1, 0.15) is 18.9 Å². The third kappa shape index (κ3) is 3.76. The lowest BCUT2D eigenvalue weighted by Gasteiger charge is -2.31. The molecule has 1 aromatic rings. The summed E-state index contributed by atoms with van der Waals surface area (Å²) in [6.45, 7) is 1.53. The lowest BCUT2D eigenvalue weighted by molar-refractivity contribution is -0.142. The number of nitriles is 1. The Morgan fingerprint density at radius 1 is 1.17 bits per heavy atom. The van der Waals surface area contributed by atoms with Crippen LogP contribution >= 0.6 is 0 Å². The molecule has 1 fully saturated rings. The van der Waals surface area contributed by atoms with Crippen molar-refractivity contribution in [1.82, 2.24) is 4.90 Å². The minimum atomic E-state index is -3.32. The highest BCUT2D eigenvalue weighted by Crippen LogP contribution is 2.33. The highest BCUT2D eigenvalue weighted by Gasteiger charge is 2.43. The molecule has 2 aliphatic heterocycles. The molecule has 8 nitrogen and oxygen atoms in total. The minimum Gasteiger partial charge on any atom is -0.493 e. The number of carbonyl (C=O) groups excluding carboxylic acids is 2. The van der Waals surface area contributed by atoms with Crippen molar-refractivity contribution in [3.8, 4) is 17.6 Å². The molecule has 1 saturated heterocycles. The van der Waals surface area contributed by atoms with E-state index in [-0.39, 0.29) is 34.6 Å². The number of hydrogen-bond donors (Lipinski definition) is 0. The monoisotopic (exact) mass is 416 g/mol. The highest BCUT2D eigenvalue weighted by molar-refractivity contribution is 7.91. The Hall–Kier alpha value is -3.12. The number of nitrogens with zero attached hydrogens (tertiary/aromatic N) is 2. The minimum absolute atomic E-state index is 0.0892. The van der Waals surface area contributed by atoms with Crippen LogP contribution in [0.4, 0.5) is 0 Å². The summed E-state index contributed by atoms with van der Waals surface area (Å²) >= 11 is 0. The summed E-state index contributed by atoms with van der Waals surface area (Å²) in [5, 5.41) is 9.47. The topological polar surface area (TPSA) is 114 Å². The molecule has 2 amide bonds. The van der Waals surface area contributed by atoms with Gasteiger partial charge in [-0.15, -0.1) is 0 Å². The first-order chi connectivity index (χ1) is 13.7. The van der Waals surface area contributed by atoms with Gasteiger partial charge in [0.2, 0.25) is 0 Å². The molecular formula is C20H20N2O6S. The van der Waals surface area contributed by atoms with Crippen LogP contribution in [0, 0.1) is 11.3 Å². The molecule has 0 aliphatic carbocycles. The second-order valence-electron chi connectivity index (χ2n) is 6.82. The largest absolute Gasteiger partial charge is 0.493 e. The lowest BCUT2D eigenvalue weighted by Crippen LogP contribution is -2.49. The zero-order chi connectivity index (χ0) is 21.3. The number of carbonyl (C=O) groups is 2. The molecular weight excluding hydrogens is 396 g/mol. The molecule has 1 aromatic carbocycles. The van der Waals surface area contributed by atoms with E-state index in [9.17, 15) is 23.3 Å². The van der Waals surface area contributed by atoms with Crippen LogP contribution in [0.2, 0.25) is 0 Å². The summed E-state index contributed by atoms with van der Waals surface area (Å²) in [6, 6.07) is 6.13. The zero-order valence-electron chi connectivity index (χ0n) is 16.3. The lowest BCUT2D eigenvalue weighted by atomic mass is 9.92. The summed E-state index contributed by atoms with van der Waals surface area (Å²) in [4.78, 5) is 26.8. The van der Waals surface area contributed by atoms with Gasteiger partial charge in [-0.05, 0) is 42.7 Å². The maximum Gasteiger partial charge on any atom is 0.271 e. The summed E-state index contributed by atoms with van der Waals surface area (Å²) < 4.78 is 34.2. The Kier molecular flexibility index (Phi) is 5.48. The van der Waals surface area contributed by atoms with Gasteiger partial charge in [0.05, 0.1) is 31.8 Å². The zero-order valence-corrected chi connectivity index (χ0v) is 17.1. The smallest absolute Gasteiger partial charge is 0.271 e. The van der Waals surface area contributed by atoms with Crippen LogP contribution in [0.3, 0.4) is 0 Å². The maximum absolute atomic E-state index is 13.1. The van der Waals surface area contributed by atoms with E-state index in [1.165, 1.54) is 21.1 Å². The quantitative estimate of drug-likeness (QED) is 0.539. The molecule has 2 heterocycles. The van der Waals surface area contributed by atoms with E-state index in [2.05, 4.69) is 0 Å². The van der Waals surface area contributed by atoms with Gasteiger partial charge in [0.15, 0.2) is 21.3 Å². The van der Waals surface area contributed by atoms with Crippen LogP contribution in [0.15, 0.2) is 34.9 Å². The first kappa shape index (κ1) is 20.6. The summed E-state index contributed by atoms with van der Waals surface area (Å²) in [5.74, 6) is -0.755. The second-order valence-corrected chi connectivity index (χ2v) is 9.05. The Labute approximate surface area is 168 Å². The van der Waals surface area contributed by atoms with Crippen molar-refractivity contribution < 1.29 is 27.5 Å². The normalized spacial score (nSPS) is 22.8. The Bertz CT molecular complexity index is 1090. The Balaban J connectivity index is 2.09. The Morgan fingerprint density at radius 3 is 2.41 bits per heavy atom.